The fourth-order valence-corrected chi connectivity index (χ4v) is 3.34. The van der Waals surface area contributed by atoms with Crippen molar-refractivity contribution in [1.82, 2.24) is 5.32 Å². The van der Waals surface area contributed by atoms with Crippen LogP contribution in [0.3, 0.4) is 0 Å². The van der Waals surface area contributed by atoms with Crippen LogP contribution in [-0.2, 0) is 4.79 Å². The molecule has 0 unspecified atom stereocenters. The highest BCUT2D eigenvalue weighted by Crippen LogP contribution is 2.38. The minimum Gasteiger partial charge on any atom is -0.349 e. The highest BCUT2D eigenvalue weighted by Gasteiger charge is 2.33. The van der Waals surface area contributed by atoms with E-state index >= 15 is 0 Å². The van der Waals surface area contributed by atoms with Gasteiger partial charge in [-0.15, -0.1) is 6.58 Å². The zero-order valence-corrected chi connectivity index (χ0v) is 14.1. The van der Waals surface area contributed by atoms with E-state index in [1.807, 2.05) is 0 Å². The van der Waals surface area contributed by atoms with Crippen LogP contribution in [0.15, 0.2) is 36.9 Å². The first kappa shape index (κ1) is 18.2. The summed E-state index contributed by atoms with van der Waals surface area (Å²) in [4.78, 5) is 24.7. The number of anilines is 1. The van der Waals surface area contributed by atoms with Crippen LogP contribution in [-0.4, -0.2) is 24.9 Å². The summed E-state index contributed by atoms with van der Waals surface area (Å²) in [6.45, 7) is 4.50. The van der Waals surface area contributed by atoms with E-state index in [2.05, 4.69) is 17.2 Å². The van der Waals surface area contributed by atoms with Crippen LogP contribution in [0.2, 0.25) is 0 Å². The Morgan fingerprint density at radius 2 is 1.92 bits per heavy atom. The molecule has 2 rings (SSSR count). The summed E-state index contributed by atoms with van der Waals surface area (Å²) < 4.78 is 0. The zero-order valence-electron chi connectivity index (χ0n) is 14.1. The highest BCUT2D eigenvalue weighted by atomic mass is 16.2. The predicted octanol–water partition coefficient (Wildman–Crippen LogP) is 2.84. The van der Waals surface area contributed by atoms with Gasteiger partial charge in [0.2, 0.25) is 5.91 Å². The topological polar surface area (TPSA) is 84.2 Å². The number of hydrogen-bond acceptors (Lipinski definition) is 3. The van der Waals surface area contributed by atoms with E-state index in [0.29, 0.717) is 30.8 Å². The summed E-state index contributed by atoms with van der Waals surface area (Å²) in [5.41, 5.74) is 6.86. The second-order valence-electron chi connectivity index (χ2n) is 6.53. The summed E-state index contributed by atoms with van der Waals surface area (Å²) in [5, 5.41) is 5.63. The molecule has 130 valence electrons. The van der Waals surface area contributed by atoms with Crippen molar-refractivity contribution in [2.24, 2.45) is 11.1 Å². The van der Waals surface area contributed by atoms with E-state index in [4.69, 9.17) is 5.73 Å². The lowest BCUT2D eigenvalue weighted by atomic mass is 9.71. The van der Waals surface area contributed by atoms with Crippen molar-refractivity contribution in [3.8, 4) is 0 Å². The van der Waals surface area contributed by atoms with Gasteiger partial charge in [0.05, 0.1) is 11.3 Å². The molecular formula is C19H27N3O2. The highest BCUT2D eigenvalue weighted by molar-refractivity contribution is 6.03. The summed E-state index contributed by atoms with van der Waals surface area (Å²) in [6, 6.07) is 7.03. The fraction of sp³-hybridized carbons (Fsp3) is 0.474. The van der Waals surface area contributed by atoms with Gasteiger partial charge in [-0.05, 0) is 36.9 Å². The minimum absolute atomic E-state index is 0.0775. The molecule has 5 nitrogen and oxygen atoms in total. The summed E-state index contributed by atoms with van der Waals surface area (Å²) in [5.74, 6) is -0.302. The number of para-hydroxylation sites is 1. The first-order chi connectivity index (χ1) is 11.6. The van der Waals surface area contributed by atoms with Gasteiger partial charge >= 0.3 is 0 Å². The first-order valence-corrected chi connectivity index (χ1v) is 8.58. The molecule has 2 amide bonds. The monoisotopic (exact) mass is 329 g/mol. The summed E-state index contributed by atoms with van der Waals surface area (Å²) in [7, 11) is 0. The van der Waals surface area contributed by atoms with Gasteiger partial charge in [-0.1, -0.05) is 37.5 Å². The maximum absolute atomic E-state index is 12.5. The van der Waals surface area contributed by atoms with Crippen molar-refractivity contribution in [2.75, 3.05) is 18.4 Å². The lowest BCUT2D eigenvalue weighted by Crippen LogP contribution is -2.36. The van der Waals surface area contributed by atoms with Crippen LogP contribution in [0, 0.1) is 5.41 Å². The molecule has 0 heterocycles. The van der Waals surface area contributed by atoms with Crippen LogP contribution in [0.1, 0.15) is 48.9 Å². The van der Waals surface area contributed by atoms with E-state index in [-0.39, 0.29) is 17.2 Å². The van der Waals surface area contributed by atoms with Gasteiger partial charge in [-0.25, -0.2) is 0 Å². The van der Waals surface area contributed by atoms with Gasteiger partial charge in [0.1, 0.15) is 0 Å². The molecule has 0 aromatic heterocycles. The molecule has 1 fully saturated rings. The summed E-state index contributed by atoms with van der Waals surface area (Å²) in [6.07, 6.45) is 7.50. The molecule has 0 bridgehead atoms. The van der Waals surface area contributed by atoms with Gasteiger partial charge in [-0.3, -0.25) is 9.59 Å². The van der Waals surface area contributed by atoms with E-state index in [1.54, 1.807) is 30.3 Å². The number of hydrogen-bond donors (Lipinski definition) is 3. The molecule has 1 aliphatic carbocycles. The Labute approximate surface area is 143 Å². The van der Waals surface area contributed by atoms with Gasteiger partial charge in [0, 0.05) is 13.0 Å². The Morgan fingerprint density at radius 1 is 1.21 bits per heavy atom. The second kappa shape index (κ2) is 8.64. The molecular weight excluding hydrogens is 302 g/mol. The van der Waals surface area contributed by atoms with E-state index in [1.165, 1.54) is 6.42 Å². The Bertz CT molecular complexity index is 592. The van der Waals surface area contributed by atoms with Crippen molar-refractivity contribution < 1.29 is 9.59 Å². The number of benzene rings is 1. The second-order valence-corrected chi connectivity index (χ2v) is 6.53. The quantitative estimate of drug-likeness (QED) is 0.673. The van der Waals surface area contributed by atoms with Crippen LogP contribution in [0.4, 0.5) is 5.69 Å². The molecule has 4 N–H and O–H groups in total. The molecule has 24 heavy (non-hydrogen) atoms. The molecule has 1 aliphatic rings. The molecule has 0 radical (unpaired) electrons. The van der Waals surface area contributed by atoms with Gasteiger partial charge in [0.15, 0.2) is 0 Å². The van der Waals surface area contributed by atoms with Crippen molar-refractivity contribution >= 4 is 17.5 Å². The number of nitrogens with one attached hydrogen (secondary N) is 2. The molecule has 0 atom stereocenters. The van der Waals surface area contributed by atoms with Crippen molar-refractivity contribution in [3.05, 3.63) is 42.5 Å². The SMILES string of the molecule is C=CCNC(=O)c1ccccc1NC(=O)CC1(CN)CCCCC1. The van der Waals surface area contributed by atoms with Gasteiger partial charge in [-0.2, -0.15) is 0 Å². The van der Waals surface area contributed by atoms with E-state index in [0.717, 1.165) is 25.7 Å². The Balaban J connectivity index is 2.06. The summed E-state index contributed by atoms with van der Waals surface area (Å²) >= 11 is 0. The molecule has 5 heteroatoms. The van der Waals surface area contributed by atoms with Crippen molar-refractivity contribution in [3.63, 3.8) is 0 Å². The van der Waals surface area contributed by atoms with Crippen molar-refractivity contribution in [2.45, 2.75) is 38.5 Å². The number of amides is 2. The molecule has 1 aromatic rings. The molecule has 1 aromatic carbocycles. The molecule has 0 spiro atoms. The molecule has 0 saturated heterocycles. The Kier molecular flexibility index (Phi) is 6.55. The largest absolute Gasteiger partial charge is 0.349 e. The third-order valence-corrected chi connectivity index (χ3v) is 4.74. The third-order valence-electron chi connectivity index (χ3n) is 4.74. The number of rotatable bonds is 7. The van der Waals surface area contributed by atoms with Crippen LogP contribution >= 0.6 is 0 Å². The number of carbonyl (C=O) groups is 2. The van der Waals surface area contributed by atoms with Gasteiger partial charge < -0.3 is 16.4 Å². The predicted molar refractivity (Wildman–Crippen MR) is 96.8 cm³/mol. The fourth-order valence-electron chi connectivity index (χ4n) is 3.34. The van der Waals surface area contributed by atoms with Crippen molar-refractivity contribution in [1.29, 1.82) is 0 Å². The van der Waals surface area contributed by atoms with E-state index in [9.17, 15) is 9.59 Å². The Morgan fingerprint density at radius 3 is 2.58 bits per heavy atom. The molecule has 0 aliphatic heterocycles. The average Bonchev–Trinajstić information content (AvgIpc) is 2.60. The van der Waals surface area contributed by atoms with E-state index < -0.39 is 0 Å². The standard InChI is InChI=1S/C19H27N3O2/c1-2-12-21-18(24)15-8-4-5-9-16(15)22-17(23)13-19(14-20)10-6-3-7-11-19/h2,4-5,8-9H,1,3,6-7,10-14,20H2,(H,21,24)(H,22,23). The zero-order chi connectivity index (χ0) is 17.4. The van der Waals surface area contributed by atoms with Gasteiger partial charge in [0.25, 0.3) is 5.91 Å². The lowest BCUT2D eigenvalue weighted by Gasteiger charge is -2.35. The normalized spacial score (nSPS) is 16.2. The third kappa shape index (κ3) is 4.68. The van der Waals surface area contributed by atoms with Crippen LogP contribution < -0.4 is 16.4 Å². The minimum atomic E-state index is -0.225. The molecule has 1 saturated carbocycles. The number of nitrogens with two attached hydrogens (primary N) is 1. The maximum Gasteiger partial charge on any atom is 0.253 e. The van der Waals surface area contributed by atoms with Crippen LogP contribution in [0.5, 0.6) is 0 Å². The van der Waals surface area contributed by atoms with Crippen LogP contribution in [0.25, 0.3) is 0 Å². The lowest BCUT2D eigenvalue weighted by molar-refractivity contribution is -0.118. The maximum atomic E-state index is 12.5. The smallest absolute Gasteiger partial charge is 0.253 e. The number of carbonyl (C=O) groups excluding carboxylic acids is 2. The Hall–Kier alpha value is -2.14. The average molecular weight is 329 g/mol. The first-order valence-electron chi connectivity index (χ1n) is 8.58.